The van der Waals surface area contributed by atoms with E-state index in [1.165, 1.54) is 24.9 Å². The molecule has 0 radical (unpaired) electrons. The smallest absolute Gasteiger partial charge is 0.162 e. The average Bonchev–Trinajstić information content (AvgIpc) is 2.77. The first-order valence-electron chi connectivity index (χ1n) is 8.93. The lowest BCUT2D eigenvalue weighted by Crippen LogP contribution is -2.33. The highest BCUT2D eigenvalue weighted by Gasteiger charge is 2.33. The number of phenolic OH excluding ortho intramolecular Hbond substituents is 1. The minimum atomic E-state index is 0.207. The Morgan fingerprint density at radius 3 is 2.68 bits per heavy atom. The summed E-state index contributed by atoms with van der Waals surface area (Å²) in [5.74, 6) is 1.78. The van der Waals surface area contributed by atoms with Gasteiger partial charge in [0.15, 0.2) is 11.5 Å². The van der Waals surface area contributed by atoms with Crippen molar-refractivity contribution < 1.29 is 9.84 Å². The molecule has 3 nitrogen and oxygen atoms in total. The molecule has 0 bridgehead atoms. The number of rotatable bonds is 5. The summed E-state index contributed by atoms with van der Waals surface area (Å²) < 4.78 is 5.37. The van der Waals surface area contributed by atoms with E-state index in [4.69, 9.17) is 4.74 Å². The highest BCUT2D eigenvalue weighted by molar-refractivity contribution is 7.99. The van der Waals surface area contributed by atoms with Crippen LogP contribution in [0.1, 0.15) is 33.1 Å². The van der Waals surface area contributed by atoms with E-state index in [1.807, 2.05) is 30.0 Å². The minimum absolute atomic E-state index is 0.207. The Labute approximate surface area is 155 Å². The zero-order valence-corrected chi connectivity index (χ0v) is 16.1. The average molecular weight is 358 g/mol. The topological polar surface area (TPSA) is 32.7 Å². The van der Waals surface area contributed by atoms with Crippen LogP contribution < -0.4 is 9.64 Å². The predicted molar refractivity (Wildman–Crippen MR) is 106 cm³/mol. The number of benzene rings is 2. The molecule has 134 valence electrons. The zero-order chi connectivity index (χ0) is 17.9. The Bertz CT molecular complexity index is 719. The molecule has 0 amide bonds. The number of thioether (sulfide) groups is 1. The van der Waals surface area contributed by atoms with E-state index < -0.39 is 0 Å². The maximum atomic E-state index is 10.2. The van der Waals surface area contributed by atoms with Gasteiger partial charge in [-0.2, -0.15) is 0 Å². The van der Waals surface area contributed by atoms with Gasteiger partial charge >= 0.3 is 0 Å². The highest BCUT2D eigenvalue weighted by atomic mass is 32.2. The molecular formula is C21H27NO2S. The fraction of sp³-hybridized carbons (Fsp3) is 0.429. The third kappa shape index (κ3) is 3.90. The number of fused-ring (bicyclic) bond motifs is 1. The number of ether oxygens (including phenoxy) is 1. The number of hydrogen-bond acceptors (Lipinski definition) is 4. The number of para-hydroxylation sites is 1. The molecule has 0 aliphatic carbocycles. The first-order chi connectivity index (χ1) is 12.1. The molecule has 0 aromatic heterocycles. The lowest BCUT2D eigenvalue weighted by molar-refractivity contribution is 0.343. The van der Waals surface area contributed by atoms with E-state index in [2.05, 4.69) is 43.0 Å². The van der Waals surface area contributed by atoms with E-state index in [1.54, 1.807) is 7.11 Å². The monoisotopic (exact) mass is 357 g/mol. The number of nitrogens with zero attached hydrogens (tertiary/aromatic N) is 1. The van der Waals surface area contributed by atoms with Crippen LogP contribution in [0.15, 0.2) is 47.4 Å². The molecule has 1 N–H and O–H groups in total. The van der Waals surface area contributed by atoms with Crippen molar-refractivity contribution in [3.63, 3.8) is 0 Å². The van der Waals surface area contributed by atoms with Crippen LogP contribution >= 0.6 is 11.8 Å². The lowest BCUT2D eigenvalue weighted by atomic mass is 9.86. The third-order valence-electron chi connectivity index (χ3n) is 4.87. The lowest BCUT2D eigenvalue weighted by Gasteiger charge is -2.34. The summed E-state index contributed by atoms with van der Waals surface area (Å²) in [6, 6.07) is 14.3. The van der Waals surface area contributed by atoms with Crippen molar-refractivity contribution in [2.24, 2.45) is 5.41 Å². The maximum Gasteiger partial charge on any atom is 0.162 e. The molecule has 0 saturated carbocycles. The second-order valence-corrected chi connectivity index (χ2v) is 8.13. The van der Waals surface area contributed by atoms with Gasteiger partial charge in [-0.25, -0.2) is 0 Å². The van der Waals surface area contributed by atoms with Crippen molar-refractivity contribution in [1.82, 2.24) is 0 Å². The zero-order valence-electron chi connectivity index (χ0n) is 15.3. The number of phenols is 1. The van der Waals surface area contributed by atoms with Crippen molar-refractivity contribution in [3.05, 3.63) is 42.5 Å². The molecule has 1 heterocycles. The molecule has 3 rings (SSSR count). The van der Waals surface area contributed by atoms with Crippen LogP contribution in [0.4, 0.5) is 11.4 Å². The van der Waals surface area contributed by atoms with Crippen molar-refractivity contribution in [3.8, 4) is 11.5 Å². The van der Waals surface area contributed by atoms with Crippen LogP contribution in [0.5, 0.6) is 11.5 Å². The molecule has 2 aromatic carbocycles. The summed E-state index contributed by atoms with van der Waals surface area (Å²) in [6.07, 6.45) is 3.66. The Balaban J connectivity index is 2.07. The molecule has 1 atom stereocenters. The van der Waals surface area contributed by atoms with Gasteiger partial charge in [-0.15, -0.1) is 11.8 Å². The molecule has 0 fully saturated rings. The SMILES string of the molecule is CCCCC1(C)CSc2cc(O)c(OC)cc2N(c2ccccc2)C1. The molecule has 1 aliphatic rings. The van der Waals surface area contributed by atoms with Gasteiger partial charge < -0.3 is 14.7 Å². The van der Waals surface area contributed by atoms with Crippen molar-refractivity contribution in [2.45, 2.75) is 38.0 Å². The van der Waals surface area contributed by atoms with E-state index in [0.29, 0.717) is 5.75 Å². The molecular weight excluding hydrogens is 330 g/mol. The summed E-state index contributed by atoms with van der Waals surface area (Å²) in [5, 5.41) is 10.2. The van der Waals surface area contributed by atoms with Gasteiger partial charge in [-0.3, -0.25) is 0 Å². The Morgan fingerprint density at radius 2 is 2.00 bits per heavy atom. The Kier molecular flexibility index (Phi) is 5.48. The molecule has 4 heteroatoms. The number of hydrogen-bond donors (Lipinski definition) is 1. The molecule has 2 aromatic rings. The number of unbranched alkanes of at least 4 members (excludes halogenated alkanes) is 1. The van der Waals surface area contributed by atoms with Crippen molar-refractivity contribution >= 4 is 23.1 Å². The van der Waals surface area contributed by atoms with Gasteiger partial charge in [0, 0.05) is 28.9 Å². The second kappa shape index (κ2) is 7.61. The second-order valence-electron chi connectivity index (χ2n) is 7.12. The number of methoxy groups -OCH3 is 1. The van der Waals surface area contributed by atoms with Gasteiger partial charge in [-0.1, -0.05) is 44.9 Å². The summed E-state index contributed by atoms with van der Waals surface area (Å²) in [6.45, 7) is 5.60. The van der Waals surface area contributed by atoms with E-state index in [0.717, 1.165) is 22.9 Å². The van der Waals surface area contributed by atoms with E-state index >= 15 is 0 Å². The summed E-state index contributed by atoms with van der Waals surface area (Å²) in [4.78, 5) is 3.50. The van der Waals surface area contributed by atoms with Gasteiger partial charge in [0.1, 0.15) is 0 Å². The first kappa shape index (κ1) is 18.0. The van der Waals surface area contributed by atoms with Crippen LogP contribution in [-0.4, -0.2) is 24.5 Å². The fourth-order valence-electron chi connectivity index (χ4n) is 3.39. The van der Waals surface area contributed by atoms with Crippen LogP contribution in [0.2, 0.25) is 0 Å². The molecule has 1 aliphatic heterocycles. The van der Waals surface area contributed by atoms with Crippen molar-refractivity contribution in [2.75, 3.05) is 24.3 Å². The van der Waals surface area contributed by atoms with Crippen LogP contribution in [0, 0.1) is 5.41 Å². The van der Waals surface area contributed by atoms with Crippen LogP contribution in [0.3, 0.4) is 0 Å². The molecule has 0 saturated heterocycles. The largest absolute Gasteiger partial charge is 0.504 e. The quantitative estimate of drug-likeness (QED) is 0.728. The maximum absolute atomic E-state index is 10.2. The van der Waals surface area contributed by atoms with Gasteiger partial charge in [0.25, 0.3) is 0 Å². The predicted octanol–water partition coefficient (Wildman–Crippen LogP) is 5.84. The molecule has 1 unspecified atom stereocenters. The summed E-state index contributed by atoms with van der Waals surface area (Å²) in [5.41, 5.74) is 2.52. The summed E-state index contributed by atoms with van der Waals surface area (Å²) >= 11 is 1.84. The van der Waals surface area contributed by atoms with Crippen LogP contribution in [-0.2, 0) is 0 Å². The van der Waals surface area contributed by atoms with E-state index in [9.17, 15) is 5.11 Å². The number of anilines is 2. The van der Waals surface area contributed by atoms with Gasteiger partial charge in [-0.05, 0) is 30.0 Å². The summed E-state index contributed by atoms with van der Waals surface area (Å²) in [7, 11) is 1.60. The Hall–Kier alpha value is -1.81. The minimum Gasteiger partial charge on any atom is -0.504 e. The van der Waals surface area contributed by atoms with Crippen LogP contribution in [0.25, 0.3) is 0 Å². The van der Waals surface area contributed by atoms with E-state index in [-0.39, 0.29) is 11.2 Å². The van der Waals surface area contributed by atoms with Crippen molar-refractivity contribution in [1.29, 1.82) is 0 Å². The number of aromatic hydroxyl groups is 1. The third-order valence-corrected chi connectivity index (χ3v) is 6.35. The molecule has 0 spiro atoms. The normalized spacial score (nSPS) is 20.0. The highest BCUT2D eigenvalue weighted by Crippen LogP contribution is 2.48. The van der Waals surface area contributed by atoms with Gasteiger partial charge in [0.2, 0.25) is 0 Å². The molecule has 25 heavy (non-hydrogen) atoms. The van der Waals surface area contributed by atoms with Gasteiger partial charge in [0.05, 0.1) is 12.8 Å². The Morgan fingerprint density at radius 1 is 1.24 bits per heavy atom. The fourth-order valence-corrected chi connectivity index (χ4v) is 4.64. The standard InChI is InChI=1S/C21H27NO2S/c1-4-5-11-21(2)14-22(16-9-7-6-8-10-16)17-12-19(24-3)18(23)13-20(17)25-15-21/h6-10,12-13,23H,4-5,11,14-15H2,1-3H3. The first-order valence-corrected chi connectivity index (χ1v) is 9.91.